The first-order valence-corrected chi connectivity index (χ1v) is 10.1. The number of amides is 1. The molecule has 22 heavy (non-hydrogen) atoms. The summed E-state index contributed by atoms with van der Waals surface area (Å²) in [6, 6.07) is 8.84. The molecule has 0 saturated carbocycles. The number of hydrogen-bond acceptors (Lipinski definition) is 3. The van der Waals surface area contributed by atoms with Gasteiger partial charge in [-0.25, -0.2) is 0 Å². The summed E-state index contributed by atoms with van der Waals surface area (Å²) < 4.78 is 6.16. The quantitative estimate of drug-likeness (QED) is 0.654. The predicted octanol–water partition coefficient (Wildman–Crippen LogP) is 4.18. The molecule has 1 rings (SSSR count). The lowest BCUT2D eigenvalue weighted by Crippen LogP contribution is -2.41. The monoisotopic (exact) mass is 316 g/mol. The fraction of sp³-hybridized carbons (Fsp3) is 0.412. The van der Waals surface area contributed by atoms with Gasteiger partial charge >= 0.3 is 5.91 Å². The van der Waals surface area contributed by atoms with Gasteiger partial charge in [0.15, 0.2) is 14.4 Å². The second kappa shape index (κ2) is 6.90. The van der Waals surface area contributed by atoms with Crippen LogP contribution in [0.4, 0.5) is 5.69 Å². The number of nitrogens with zero attached hydrogens (tertiary/aromatic N) is 1. The van der Waals surface area contributed by atoms with E-state index in [1.807, 2.05) is 12.1 Å². The Morgan fingerprint density at radius 2 is 1.95 bits per heavy atom. The van der Waals surface area contributed by atoms with E-state index in [9.17, 15) is 4.79 Å². The predicted molar refractivity (Wildman–Crippen MR) is 92.9 cm³/mol. The van der Waals surface area contributed by atoms with Crippen LogP contribution in [-0.2, 0) is 9.22 Å². The van der Waals surface area contributed by atoms with Crippen LogP contribution in [0.5, 0.6) is 0 Å². The molecule has 118 valence electrons. The maximum atomic E-state index is 11.3. The van der Waals surface area contributed by atoms with Crippen molar-refractivity contribution in [3.8, 4) is 6.07 Å². The smallest absolute Gasteiger partial charge is 0.326 e. The lowest BCUT2D eigenvalue weighted by molar-refractivity contribution is -0.111. The molecule has 1 amide bonds. The fourth-order valence-electron chi connectivity index (χ4n) is 1.61. The van der Waals surface area contributed by atoms with E-state index in [2.05, 4.69) is 45.8 Å². The Bertz CT molecular complexity index is 610. The summed E-state index contributed by atoms with van der Waals surface area (Å²) >= 11 is 0. The van der Waals surface area contributed by atoms with E-state index < -0.39 is 14.2 Å². The largest absolute Gasteiger partial charge is 0.413 e. The average Bonchev–Trinajstić information content (AvgIpc) is 2.44. The number of para-hydroxylation sites is 1. The third-order valence-corrected chi connectivity index (χ3v) is 8.55. The number of carbonyl (C=O) groups is 1. The molecule has 4 nitrogen and oxygen atoms in total. The Labute approximate surface area is 133 Å². The molecule has 0 bridgehead atoms. The average molecular weight is 316 g/mol. The first-order chi connectivity index (χ1) is 10.1. The molecule has 1 N–H and O–H groups in total. The summed E-state index contributed by atoms with van der Waals surface area (Å²) in [4.78, 5) is 11.3. The number of carbonyl (C=O) groups excluding carboxylic acids is 1. The SMILES string of the molecule is C=C(CO[Si](C)(C)C(C)(C)C)c1ccccc1NC(=O)C#N. The molecule has 0 aromatic heterocycles. The van der Waals surface area contributed by atoms with Crippen LogP contribution in [0.1, 0.15) is 26.3 Å². The Hall–Kier alpha value is -1.90. The highest BCUT2D eigenvalue weighted by molar-refractivity contribution is 6.74. The second-order valence-electron chi connectivity index (χ2n) is 6.76. The molecule has 5 heteroatoms. The number of hydrogen-bond donors (Lipinski definition) is 1. The molecule has 0 aliphatic rings. The lowest BCUT2D eigenvalue weighted by Gasteiger charge is -2.36. The van der Waals surface area contributed by atoms with Crippen molar-refractivity contribution in [2.24, 2.45) is 0 Å². The highest BCUT2D eigenvalue weighted by Crippen LogP contribution is 2.37. The van der Waals surface area contributed by atoms with Crippen LogP contribution in [0.3, 0.4) is 0 Å². The van der Waals surface area contributed by atoms with Gasteiger partial charge in [-0.15, -0.1) is 0 Å². The van der Waals surface area contributed by atoms with Gasteiger partial charge in [0.1, 0.15) is 0 Å². The Morgan fingerprint density at radius 3 is 2.50 bits per heavy atom. The van der Waals surface area contributed by atoms with Gasteiger partial charge in [-0.2, -0.15) is 5.26 Å². The van der Waals surface area contributed by atoms with Crippen molar-refractivity contribution in [2.45, 2.75) is 38.9 Å². The highest BCUT2D eigenvalue weighted by Gasteiger charge is 2.37. The summed E-state index contributed by atoms with van der Waals surface area (Å²) in [6.45, 7) is 15.4. The van der Waals surface area contributed by atoms with Gasteiger partial charge in [-0.3, -0.25) is 4.79 Å². The standard InChI is InChI=1S/C17H24N2O2Si/c1-13(12-21-22(5,6)17(2,3)4)14-9-7-8-10-15(14)19-16(20)11-18/h7-10H,1,12H2,2-6H3,(H,19,20). The molecule has 0 unspecified atom stereocenters. The minimum atomic E-state index is -1.86. The van der Waals surface area contributed by atoms with Crippen molar-refractivity contribution >= 4 is 25.5 Å². The molecule has 0 fully saturated rings. The van der Waals surface area contributed by atoms with E-state index in [4.69, 9.17) is 9.69 Å². The van der Waals surface area contributed by atoms with Gasteiger partial charge in [-0.05, 0) is 29.8 Å². The molecule has 0 aliphatic heterocycles. The van der Waals surface area contributed by atoms with Gasteiger partial charge < -0.3 is 9.74 Å². The van der Waals surface area contributed by atoms with Crippen molar-refractivity contribution in [2.75, 3.05) is 11.9 Å². The van der Waals surface area contributed by atoms with Crippen LogP contribution in [0.25, 0.3) is 5.57 Å². The van der Waals surface area contributed by atoms with Crippen LogP contribution in [0, 0.1) is 11.3 Å². The van der Waals surface area contributed by atoms with Crippen molar-refractivity contribution < 1.29 is 9.22 Å². The topological polar surface area (TPSA) is 62.1 Å². The van der Waals surface area contributed by atoms with Crippen LogP contribution in [0.2, 0.25) is 18.1 Å². The highest BCUT2D eigenvalue weighted by atomic mass is 28.4. The molecule has 0 radical (unpaired) electrons. The van der Waals surface area contributed by atoms with Gasteiger partial charge in [-0.1, -0.05) is 45.5 Å². The van der Waals surface area contributed by atoms with Crippen LogP contribution in [-0.4, -0.2) is 20.8 Å². The van der Waals surface area contributed by atoms with Gasteiger partial charge in [0.05, 0.1) is 6.61 Å². The third-order valence-electron chi connectivity index (χ3n) is 4.07. The van der Waals surface area contributed by atoms with E-state index in [-0.39, 0.29) is 5.04 Å². The summed E-state index contributed by atoms with van der Waals surface area (Å²) in [5.74, 6) is -0.689. The van der Waals surface area contributed by atoms with E-state index in [1.54, 1.807) is 18.2 Å². The molecule has 0 atom stereocenters. The Morgan fingerprint density at radius 1 is 1.36 bits per heavy atom. The molecular formula is C17H24N2O2Si. The van der Waals surface area contributed by atoms with Gasteiger partial charge in [0.2, 0.25) is 0 Å². The normalized spacial score (nSPS) is 11.6. The van der Waals surface area contributed by atoms with Crippen LogP contribution >= 0.6 is 0 Å². The van der Waals surface area contributed by atoms with Crippen LogP contribution < -0.4 is 5.32 Å². The molecule has 0 heterocycles. The number of anilines is 1. The minimum absolute atomic E-state index is 0.127. The number of benzene rings is 1. The third kappa shape index (κ3) is 4.55. The first-order valence-electron chi connectivity index (χ1n) is 7.20. The summed E-state index contributed by atoms with van der Waals surface area (Å²) in [7, 11) is -1.86. The first kappa shape index (κ1) is 18.1. The zero-order valence-electron chi connectivity index (χ0n) is 14.0. The van der Waals surface area contributed by atoms with Crippen molar-refractivity contribution in [1.29, 1.82) is 5.26 Å². The van der Waals surface area contributed by atoms with Crippen molar-refractivity contribution in [1.82, 2.24) is 0 Å². The number of nitriles is 1. The fourth-order valence-corrected chi connectivity index (χ4v) is 2.58. The molecule has 0 aliphatic carbocycles. The zero-order chi connectivity index (χ0) is 17.0. The molecule has 0 spiro atoms. The van der Waals surface area contributed by atoms with Crippen molar-refractivity contribution in [3.63, 3.8) is 0 Å². The minimum Gasteiger partial charge on any atom is -0.413 e. The Balaban J connectivity index is 2.87. The summed E-state index contributed by atoms with van der Waals surface area (Å²) in [5, 5.41) is 11.3. The van der Waals surface area contributed by atoms with Crippen LogP contribution in [0.15, 0.2) is 30.8 Å². The van der Waals surface area contributed by atoms with Gasteiger partial charge in [0.25, 0.3) is 0 Å². The van der Waals surface area contributed by atoms with Gasteiger partial charge in [0, 0.05) is 11.3 Å². The summed E-state index contributed by atoms with van der Waals surface area (Å²) in [6.07, 6.45) is 0. The van der Waals surface area contributed by atoms with E-state index in [1.165, 1.54) is 0 Å². The van der Waals surface area contributed by atoms with E-state index in [0.717, 1.165) is 11.1 Å². The molecular weight excluding hydrogens is 292 g/mol. The Kier molecular flexibility index (Phi) is 5.70. The maximum absolute atomic E-state index is 11.3. The number of nitrogens with one attached hydrogen (secondary N) is 1. The number of rotatable bonds is 5. The van der Waals surface area contributed by atoms with E-state index >= 15 is 0 Å². The summed E-state index contributed by atoms with van der Waals surface area (Å²) in [5.41, 5.74) is 2.17. The van der Waals surface area contributed by atoms with Crippen molar-refractivity contribution in [3.05, 3.63) is 36.4 Å². The molecule has 1 aromatic rings. The van der Waals surface area contributed by atoms with E-state index in [0.29, 0.717) is 12.3 Å². The zero-order valence-corrected chi connectivity index (χ0v) is 15.0. The molecule has 1 aromatic carbocycles. The maximum Gasteiger partial charge on any atom is 0.326 e. The second-order valence-corrected chi connectivity index (χ2v) is 11.6. The molecule has 0 saturated heterocycles. The lowest BCUT2D eigenvalue weighted by atomic mass is 10.1.